The van der Waals surface area contributed by atoms with Gasteiger partial charge in [-0.05, 0) is 18.6 Å². The monoisotopic (exact) mass is 316 g/mol. The number of hydrogen-bond donors (Lipinski definition) is 0. The van der Waals surface area contributed by atoms with E-state index in [1.165, 1.54) is 13.8 Å². The van der Waals surface area contributed by atoms with Crippen LogP contribution in [0.2, 0.25) is 0 Å². The topological polar surface area (TPSA) is 26.3 Å². The molecule has 0 spiro atoms. The van der Waals surface area contributed by atoms with Crippen LogP contribution in [0.15, 0.2) is 0 Å². The Hall–Kier alpha value is -0.300. The lowest BCUT2D eigenvalue weighted by atomic mass is 9.83. The van der Waals surface area contributed by atoms with Crippen molar-refractivity contribution < 1.29 is 22.7 Å². The molecule has 0 heterocycles. The molecule has 0 aliphatic heterocycles. The van der Waals surface area contributed by atoms with E-state index < -0.39 is 29.9 Å². The van der Waals surface area contributed by atoms with E-state index in [0.29, 0.717) is 5.75 Å². The molecule has 0 bridgehead atoms. The lowest BCUT2D eigenvalue weighted by Crippen LogP contribution is -2.42. The Bertz CT molecular complexity index is 299. The molecule has 0 aliphatic rings. The summed E-state index contributed by atoms with van der Waals surface area (Å²) in [6.45, 7) is 6.24. The second kappa shape index (κ2) is 8.09. The van der Waals surface area contributed by atoms with E-state index in [9.17, 15) is 18.0 Å². The minimum atomic E-state index is -4.48. The van der Waals surface area contributed by atoms with Crippen molar-refractivity contribution in [2.45, 2.75) is 33.9 Å². The lowest BCUT2D eigenvalue weighted by Gasteiger charge is -2.30. The average Bonchev–Trinajstić information content (AvgIpc) is 2.23. The number of thiocarbonyl (C=S) groups is 1. The summed E-state index contributed by atoms with van der Waals surface area (Å²) in [5.41, 5.74) is 0. The van der Waals surface area contributed by atoms with Gasteiger partial charge in [0.2, 0.25) is 0 Å². The molecule has 2 atom stereocenters. The van der Waals surface area contributed by atoms with Crippen LogP contribution in [0.3, 0.4) is 0 Å². The number of rotatable bonds is 6. The van der Waals surface area contributed by atoms with Gasteiger partial charge in [-0.25, -0.2) is 0 Å². The Morgan fingerprint density at radius 2 is 1.84 bits per heavy atom. The Balaban J connectivity index is 5.40. The quantitative estimate of drug-likeness (QED) is 0.545. The highest BCUT2D eigenvalue weighted by Gasteiger charge is 2.51. The van der Waals surface area contributed by atoms with Crippen molar-refractivity contribution in [3.63, 3.8) is 0 Å². The molecule has 0 rings (SSSR count). The van der Waals surface area contributed by atoms with Crippen molar-refractivity contribution in [3.05, 3.63) is 0 Å². The molecule has 0 saturated carbocycles. The molecule has 0 N–H and O–H groups in total. The van der Waals surface area contributed by atoms with Crippen LogP contribution >= 0.6 is 24.0 Å². The van der Waals surface area contributed by atoms with Crippen molar-refractivity contribution >= 4 is 34.1 Å². The van der Waals surface area contributed by atoms with Gasteiger partial charge in [0.05, 0.1) is 16.7 Å². The number of hydrogen-bond acceptors (Lipinski definition) is 4. The van der Waals surface area contributed by atoms with Gasteiger partial charge in [-0.15, -0.1) is 11.8 Å². The first kappa shape index (κ1) is 18.7. The summed E-state index contributed by atoms with van der Waals surface area (Å²) in [5.74, 6) is -4.33. The van der Waals surface area contributed by atoms with E-state index >= 15 is 0 Å². The van der Waals surface area contributed by atoms with Crippen molar-refractivity contribution in [2.24, 2.45) is 17.8 Å². The molecule has 0 radical (unpaired) electrons. The number of ether oxygens (including phenoxy) is 1. The van der Waals surface area contributed by atoms with E-state index in [1.54, 1.807) is 13.8 Å². The molecule has 0 aromatic carbocycles. The molecule has 112 valence electrons. The summed E-state index contributed by atoms with van der Waals surface area (Å²) in [6, 6.07) is 0. The Kier molecular flexibility index (Phi) is 7.96. The number of alkyl halides is 3. The maximum atomic E-state index is 13.1. The summed E-state index contributed by atoms with van der Waals surface area (Å²) in [6.07, 6.45) is -4.48. The zero-order valence-corrected chi connectivity index (χ0v) is 13.0. The number of thioether (sulfide) groups is 1. The summed E-state index contributed by atoms with van der Waals surface area (Å²) in [5, 5.41) is 0. The molecule has 0 amide bonds. The smallest absolute Gasteiger partial charge is 0.393 e. The third-order valence-electron chi connectivity index (χ3n) is 2.54. The Morgan fingerprint density at radius 1 is 1.32 bits per heavy atom. The molecule has 0 fully saturated rings. The third-order valence-corrected chi connectivity index (χ3v) is 3.97. The van der Waals surface area contributed by atoms with Crippen molar-refractivity contribution in [1.82, 2.24) is 0 Å². The SMILES string of the molecule is CCOC(=O)[C@H](C(=S)SCC)[C@@H](C(C)C)C(F)(F)F. The lowest BCUT2D eigenvalue weighted by molar-refractivity contribution is -0.201. The fourth-order valence-electron chi connectivity index (χ4n) is 1.81. The van der Waals surface area contributed by atoms with Crippen LogP contribution < -0.4 is 0 Å². The molecule has 0 unspecified atom stereocenters. The number of halogens is 3. The summed E-state index contributed by atoms with van der Waals surface area (Å²) in [4.78, 5) is 11.8. The average molecular weight is 316 g/mol. The van der Waals surface area contributed by atoms with Gasteiger partial charge in [-0.3, -0.25) is 4.79 Å². The standard InChI is InChI=1S/C12H19F3O2S2/c1-5-17-10(16)8(11(18)19-6-2)9(7(3)4)12(13,14)15/h7-9H,5-6H2,1-4H3/t8-,9-/m1/s1. The van der Waals surface area contributed by atoms with Crippen LogP contribution in [0.25, 0.3) is 0 Å². The summed E-state index contributed by atoms with van der Waals surface area (Å²) >= 11 is 6.08. The first-order valence-electron chi connectivity index (χ1n) is 6.06. The van der Waals surface area contributed by atoms with Gasteiger partial charge in [-0.1, -0.05) is 33.0 Å². The van der Waals surface area contributed by atoms with Crippen LogP contribution in [-0.4, -0.2) is 28.7 Å². The third kappa shape index (κ3) is 5.69. The second-order valence-corrected chi connectivity index (χ2v) is 6.30. The highest BCUT2D eigenvalue weighted by molar-refractivity contribution is 8.23. The number of carbonyl (C=O) groups excluding carboxylic acids is 1. The fourth-order valence-corrected chi connectivity index (χ4v) is 3.11. The minimum absolute atomic E-state index is 0.0391. The van der Waals surface area contributed by atoms with Gasteiger partial charge in [0.15, 0.2) is 0 Å². The molecule has 0 aromatic rings. The second-order valence-electron chi connectivity index (χ2n) is 4.29. The van der Waals surface area contributed by atoms with Gasteiger partial charge in [0.25, 0.3) is 0 Å². The zero-order valence-electron chi connectivity index (χ0n) is 11.4. The van der Waals surface area contributed by atoms with E-state index in [0.717, 1.165) is 11.8 Å². The molecule has 0 aromatic heterocycles. The fraction of sp³-hybridized carbons (Fsp3) is 0.833. The van der Waals surface area contributed by atoms with E-state index in [-0.39, 0.29) is 10.8 Å². The molecular weight excluding hydrogens is 297 g/mol. The van der Waals surface area contributed by atoms with Gasteiger partial charge >= 0.3 is 12.1 Å². The van der Waals surface area contributed by atoms with Crippen LogP contribution in [0.4, 0.5) is 13.2 Å². The van der Waals surface area contributed by atoms with Crippen LogP contribution in [0, 0.1) is 17.8 Å². The number of carbonyl (C=O) groups is 1. The zero-order chi connectivity index (χ0) is 15.2. The Labute approximate surface area is 121 Å². The first-order chi connectivity index (χ1) is 8.66. The highest BCUT2D eigenvalue weighted by Crippen LogP contribution is 2.40. The predicted molar refractivity (Wildman–Crippen MR) is 75.2 cm³/mol. The molecule has 0 saturated heterocycles. The summed E-state index contributed by atoms with van der Waals surface area (Å²) in [7, 11) is 0. The molecule has 2 nitrogen and oxygen atoms in total. The maximum Gasteiger partial charge on any atom is 0.393 e. The number of esters is 1. The Morgan fingerprint density at radius 3 is 2.16 bits per heavy atom. The van der Waals surface area contributed by atoms with Gasteiger partial charge in [-0.2, -0.15) is 13.2 Å². The van der Waals surface area contributed by atoms with Crippen molar-refractivity contribution in [3.8, 4) is 0 Å². The van der Waals surface area contributed by atoms with Gasteiger partial charge in [0, 0.05) is 0 Å². The normalized spacial score (nSPS) is 15.2. The van der Waals surface area contributed by atoms with Gasteiger partial charge < -0.3 is 4.74 Å². The van der Waals surface area contributed by atoms with Crippen LogP contribution in [0.5, 0.6) is 0 Å². The molecule has 7 heteroatoms. The van der Waals surface area contributed by atoms with Crippen molar-refractivity contribution in [1.29, 1.82) is 0 Å². The van der Waals surface area contributed by atoms with E-state index in [4.69, 9.17) is 17.0 Å². The van der Waals surface area contributed by atoms with Crippen molar-refractivity contribution in [2.75, 3.05) is 12.4 Å². The van der Waals surface area contributed by atoms with E-state index in [2.05, 4.69) is 0 Å². The first-order valence-corrected chi connectivity index (χ1v) is 7.46. The minimum Gasteiger partial charge on any atom is -0.465 e. The molecular formula is C12H19F3O2S2. The van der Waals surface area contributed by atoms with Crippen LogP contribution in [0.1, 0.15) is 27.7 Å². The predicted octanol–water partition coefficient (Wildman–Crippen LogP) is 4.08. The van der Waals surface area contributed by atoms with Gasteiger partial charge in [0.1, 0.15) is 5.92 Å². The van der Waals surface area contributed by atoms with Crippen LogP contribution in [-0.2, 0) is 9.53 Å². The highest BCUT2D eigenvalue weighted by atomic mass is 32.2. The largest absolute Gasteiger partial charge is 0.465 e. The van der Waals surface area contributed by atoms with E-state index in [1.807, 2.05) is 0 Å². The maximum absolute atomic E-state index is 13.1. The molecule has 0 aliphatic carbocycles. The summed E-state index contributed by atoms with van der Waals surface area (Å²) < 4.78 is 44.2. The molecule has 19 heavy (non-hydrogen) atoms.